The van der Waals surface area contributed by atoms with E-state index >= 15 is 0 Å². The lowest BCUT2D eigenvalue weighted by molar-refractivity contribution is -0.0437. The molecule has 2 fully saturated rings. The zero-order valence-corrected chi connectivity index (χ0v) is 19.5. The lowest BCUT2D eigenvalue weighted by atomic mass is 9.85. The fraction of sp³-hybridized carbons (Fsp3) is 0.920. The maximum absolute atomic E-state index is 6.22. The summed E-state index contributed by atoms with van der Waals surface area (Å²) in [5.41, 5.74) is 0. The topological polar surface area (TPSA) is 43.0 Å². The van der Waals surface area contributed by atoms with Crippen LogP contribution in [-0.2, 0) is 14.2 Å². The van der Waals surface area contributed by atoms with Crippen molar-refractivity contribution >= 4 is 0 Å². The molecule has 1 aliphatic heterocycles. The van der Waals surface area contributed by atoms with Crippen molar-refractivity contribution in [1.82, 2.24) is 10.2 Å². The van der Waals surface area contributed by atoms with Crippen molar-refractivity contribution in [3.63, 3.8) is 0 Å². The first-order chi connectivity index (χ1) is 14.7. The summed E-state index contributed by atoms with van der Waals surface area (Å²) in [5, 5.41) is 3.75. The summed E-state index contributed by atoms with van der Waals surface area (Å²) in [4.78, 5) is 2.57. The van der Waals surface area contributed by atoms with Crippen molar-refractivity contribution in [2.45, 2.75) is 96.1 Å². The zero-order chi connectivity index (χ0) is 21.2. The van der Waals surface area contributed by atoms with E-state index in [0.29, 0.717) is 18.1 Å². The van der Waals surface area contributed by atoms with E-state index in [1.165, 1.54) is 38.5 Å². The zero-order valence-electron chi connectivity index (χ0n) is 19.5. The molecule has 5 nitrogen and oxygen atoms in total. The van der Waals surface area contributed by atoms with Gasteiger partial charge in [0.05, 0.1) is 25.4 Å². The van der Waals surface area contributed by atoms with Gasteiger partial charge in [-0.3, -0.25) is 10.2 Å². The first-order valence-corrected chi connectivity index (χ1v) is 12.4. The van der Waals surface area contributed by atoms with Crippen LogP contribution in [-0.4, -0.2) is 69.3 Å². The van der Waals surface area contributed by atoms with Gasteiger partial charge in [0.1, 0.15) is 6.23 Å². The van der Waals surface area contributed by atoms with Crippen molar-refractivity contribution < 1.29 is 14.2 Å². The third kappa shape index (κ3) is 7.80. The van der Waals surface area contributed by atoms with Crippen LogP contribution in [0.4, 0.5) is 0 Å². The molecular weight excluding hydrogens is 376 g/mol. The first-order valence-electron chi connectivity index (χ1n) is 12.4. The Morgan fingerprint density at radius 3 is 2.73 bits per heavy atom. The third-order valence-electron chi connectivity index (χ3n) is 6.96. The number of rotatable bonds is 10. The molecule has 0 spiro atoms. The van der Waals surface area contributed by atoms with Crippen LogP contribution >= 0.6 is 0 Å². The number of methoxy groups -OCH3 is 1. The monoisotopic (exact) mass is 420 g/mol. The highest BCUT2D eigenvalue weighted by atomic mass is 16.5. The first kappa shape index (κ1) is 24.0. The van der Waals surface area contributed by atoms with Gasteiger partial charge in [-0.25, -0.2) is 0 Å². The van der Waals surface area contributed by atoms with Crippen LogP contribution in [0, 0.1) is 23.7 Å². The summed E-state index contributed by atoms with van der Waals surface area (Å²) in [6.45, 7) is 9.28. The predicted molar refractivity (Wildman–Crippen MR) is 121 cm³/mol. The van der Waals surface area contributed by atoms with Gasteiger partial charge in [-0.15, -0.1) is 5.92 Å². The number of morpholine rings is 1. The Balaban J connectivity index is 1.43. The molecule has 5 unspecified atom stereocenters. The Hall–Kier alpha value is -0.640. The fourth-order valence-corrected chi connectivity index (χ4v) is 5.16. The maximum atomic E-state index is 6.22. The lowest BCUT2D eigenvalue weighted by Gasteiger charge is -2.36. The molecule has 1 N–H and O–H groups in total. The summed E-state index contributed by atoms with van der Waals surface area (Å²) in [6, 6.07) is 0.806. The maximum Gasteiger partial charge on any atom is 0.111 e. The predicted octanol–water partition coefficient (Wildman–Crippen LogP) is 3.82. The van der Waals surface area contributed by atoms with E-state index in [1.807, 2.05) is 7.11 Å². The second-order valence-corrected chi connectivity index (χ2v) is 9.74. The molecule has 0 aromatic rings. The minimum Gasteiger partial charge on any atom is -0.379 e. The highest BCUT2D eigenvalue weighted by Gasteiger charge is 2.31. The number of nitrogens with zero attached hydrogens (tertiary/aromatic N) is 1. The van der Waals surface area contributed by atoms with Crippen LogP contribution in [0.2, 0.25) is 0 Å². The molecular formula is C25H44N2O3. The molecule has 5 atom stereocenters. The Morgan fingerprint density at radius 1 is 1.13 bits per heavy atom. The van der Waals surface area contributed by atoms with Gasteiger partial charge in [0, 0.05) is 45.2 Å². The number of nitrogens with one attached hydrogen (secondary N) is 1. The highest BCUT2D eigenvalue weighted by molar-refractivity contribution is 5.12. The molecule has 0 aromatic heterocycles. The van der Waals surface area contributed by atoms with Crippen LogP contribution in [0.25, 0.3) is 0 Å². The van der Waals surface area contributed by atoms with Crippen LogP contribution in [0.5, 0.6) is 0 Å². The van der Waals surface area contributed by atoms with Crippen LogP contribution in [0.3, 0.4) is 0 Å². The van der Waals surface area contributed by atoms with Gasteiger partial charge >= 0.3 is 0 Å². The van der Waals surface area contributed by atoms with E-state index in [2.05, 4.69) is 35.9 Å². The van der Waals surface area contributed by atoms with E-state index in [4.69, 9.17) is 14.2 Å². The van der Waals surface area contributed by atoms with Gasteiger partial charge in [-0.1, -0.05) is 26.2 Å². The standard InChI is InChI=1S/C25H44N2O3/c1-20(2)7-6-16-30-24-11-4-8-21(19-24)25(28-3)26-22-9-5-10-23(13-12-22)27-14-17-29-18-15-27/h20-26H,4,6-8,10-19H2,1-3H3. The van der Waals surface area contributed by atoms with Gasteiger partial charge in [0.2, 0.25) is 0 Å². The third-order valence-corrected chi connectivity index (χ3v) is 6.96. The molecule has 0 amide bonds. The van der Waals surface area contributed by atoms with Gasteiger partial charge in [-0.05, 0) is 50.9 Å². The molecule has 1 heterocycles. The van der Waals surface area contributed by atoms with Gasteiger partial charge < -0.3 is 14.2 Å². The second-order valence-electron chi connectivity index (χ2n) is 9.74. The molecule has 3 aliphatic rings. The van der Waals surface area contributed by atoms with E-state index in [0.717, 1.165) is 58.1 Å². The molecule has 172 valence electrons. The summed E-state index contributed by atoms with van der Waals surface area (Å²) in [5.74, 6) is 8.22. The normalized spacial score (nSPS) is 31.7. The second kappa shape index (κ2) is 13.0. The number of hydrogen-bond acceptors (Lipinski definition) is 5. The van der Waals surface area contributed by atoms with Crippen molar-refractivity contribution in [3.05, 3.63) is 0 Å². The molecule has 5 heteroatoms. The Labute approximate surface area is 184 Å². The Kier molecular flexibility index (Phi) is 10.4. The average molecular weight is 421 g/mol. The summed E-state index contributed by atoms with van der Waals surface area (Å²) in [6.07, 6.45) is 10.9. The van der Waals surface area contributed by atoms with E-state index < -0.39 is 0 Å². The minimum absolute atomic E-state index is 0.0753. The largest absolute Gasteiger partial charge is 0.379 e. The van der Waals surface area contributed by atoms with E-state index in [1.54, 1.807) is 0 Å². The van der Waals surface area contributed by atoms with Crippen LogP contribution in [0.15, 0.2) is 0 Å². The molecule has 0 aromatic carbocycles. The van der Waals surface area contributed by atoms with E-state index in [-0.39, 0.29) is 12.3 Å². The molecule has 2 aliphatic carbocycles. The van der Waals surface area contributed by atoms with Gasteiger partial charge in [0.15, 0.2) is 0 Å². The molecule has 3 rings (SSSR count). The molecule has 0 radical (unpaired) electrons. The Bertz CT molecular complexity index is 538. The fourth-order valence-electron chi connectivity index (χ4n) is 5.16. The van der Waals surface area contributed by atoms with Crippen LogP contribution in [0.1, 0.15) is 71.6 Å². The quantitative estimate of drug-likeness (QED) is 0.331. The van der Waals surface area contributed by atoms with Crippen molar-refractivity contribution in [2.75, 3.05) is 40.0 Å². The average Bonchev–Trinajstić information content (AvgIpc) is 3.01. The Morgan fingerprint density at radius 2 is 1.97 bits per heavy atom. The van der Waals surface area contributed by atoms with Crippen molar-refractivity contribution in [1.29, 1.82) is 0 Å². The van der Waals surface area contributed by atoms with Crippen molar-refractivity contribution in [2.24, 2.45) is 11.8 Å². The van der Waals surface area contributed by atoms with Crippen LogP contribution < -0.4 is 5.32 Å². The summed E-state index contributed by atoms with van der Waals surface area (Å²) >= 11 is 0. The summed E-state index contributed by atoms with van der Waals surface area (Å²) < 4.78 is 17.7. The lowest BCUT2D eigenvalue weighted by Crippen LogP contribution is -2.46. The molecule has 30 heavy (non-hydrogen) atoms. The van der Waals surface area contributed by atoms with Gasteiger partial charge in [0.25, 0.3) is 0 Å². The molecule has 1 saturated carbocycles. The number of hydrogen-bond donors (Lipinski definition) is 1. The smallest absolute Gasteiger partial charge is 0.111 e. The van der Waals surface area contributed by atoms with Gasteiger partial charge in [-0.2, -0.15) is 0 Å². The molecule has 1 saturated heterocycles. The highest BCUT2D eigenvalue weighted by Crippen LogP contribution is 2.30. The summed E-state index contributed by atoms with van der Waals surface area (Å²) in [7, 11) is 1.84. The SMILES string of the molecule is COC(NC1C#CCC(N2CCOCC2)CC1)C1CCCC(OCCCC(C)C)C1. The molecule has 0 bridgehead atoms. The van der Waals surface area contributed by atoms with Crippen molar-refractivity contribution in [3.8, 4) is 11.8 Å². The number of ether oxygens (including phenoxy) is 3. The van der Waals surface area contributed by atoms with E-state index in [9.17, 15) is 0 Å². The minimum atomic E-state index is 0.0753.